The lowest BCUT2D eigenvalue weighted by Crippen LogP contribution is -2.35. The molecule has 2 heterocycles. The maximum Gasteiger partial charge on any atom is 0.267 e. The number of carbonyl (C=O) groups is 2. The number of primary amides is 1. The van der Waals surface area contributed by atoms with Gasteiger partial charge in [-0.15, -0.1) is 0 Å². The Balaban J connectivity index is 1.82. The number of nitrogens with zero attached hydrogens (tertiary/aromatic N) is 2. The first-order valence-electron chi connectivity index (χ1n) is 9.33. The second-order valence-corrected chi connectivity index (χ2v) is 7.01. The van der Waals surface area contributed by atoms with E-state index in [0.717, 1.165) is 48.9 Å². The van der Waals surface area contributed by atoms with Gasteiger partial charge in [0.2, 0.25) is 0 Å². The largest absolute Gasteiger partial charge is 0.364 e. The maximum atomic E-state index is 13.3. The number of piperidine rings is 1. The number of fused-ring (bicyclic) bond motifs is 1. The highest BCUT2D eigenvalue weighted by Gasteiger charge is 2.19. The summed E-state index contributed by atoms with van der Waals surface area (Å²) in [5.41, 5.74) is 8.07. The molecule has 0 radical (unpaired) electrons. The van der Waals surface area contributed by atoms with Crippen molar-refractivity contribution in [3.05, 3.63) is 65.6 Å². The Labute approximate surface area is 162 Å². The number of pyridine rings is 1. The third-order valence-electron chi connectivity index (χ3n) is 5.11. The molecule has 1 aliphatic heterocycles. The van der Waals surface area contributed by atoms with Crippen LogP contribution < -0.4 is 5.73 Å². The van der Waals surface area contributed by atoms with Gasteiger partial charge < -0.3 is 10.6 Å². The molecular formula is C22H20FN3O2. The van der Waals surface area contributed by atoms with Crippen LogP contribution in [0.2, 0.25) is 0 Å². The molecule has 142 valence electrons. The summed E-state index contributed by atoms with van der Waals surface area (Å²) in [6.45, 7) is 1.51. The predicted octanol–water partition coefficient (Wildman–Crippen LogP) is 3.77. The normalized spacial score (nSPS) is 14.2. The molecule has 0 atom stereocenters. The summed E-state index contributed by atoms with van der Waals surface area (Å²) >= 11 is 0. The van der Waals surface area contributed by atoms with Crippen molar-refractivity contribution in [2.75, 3.05) is 13.1 Å². The summed E-state index contributed by atoms with van der Waals surface area (Å²) in [5.74, 6) is -1.03. The molecule has 5 nitrogen and oxygen atoms in total. The Morgan fingerprint density at radius 1 is 0.964 bits per heavy atom. The first-order chi connectivity index (χ1) is 13.5. The van der Waals surface area contributed by atoms with Crippen LogP contribution in [-0.2, 0) is 0 Å². The first kappa shape index (κ1) is 18.1. The molecule has 28 heavy (non-hydrogen) atoms. The Morgan fingerprint density at radius 2 is 1.68 bits per heavy atom. The fourth-order valence-electron chi connectivity index (χ4n) is 3.64. The van der Waals surface area contributed by atoms with E-state index in [1.54, 1.807) is 30.3 Å². The lowest BCUT2D eigenvalue weighted by molar-refractivity contribution is 0.0724. The van der Waals surface area contributed by atoms with Gasteiger partial charge >= 0.3 is 0 Å². The zero-order chi connectivity index (χ0) is 19.7. The van der Waals surface area contributed by atoms with Crippen LogP contribution in [0.15, 0.2) is 48.5 Å². The average molecular weight is 377 g/mol. The maximum absolute atomic E-state index is 13.3. The van der Waals surface area contributed by atoms with Crippen molar-refractivity contribution in [3.63, 3.8) is 0 Å². The Hall–Kier alpha value is -3.28. The van der Waals surface area contributed by atoms with Gasteiger partial charge in [-0.2, -0.15) is 0 Å². The van der Waals surface area contributed by atoms with E-state index in [0.29, 0.717) is 11.1 Å². The molecule has 0 unspecified atom stereocenters. The number of aromatic nitrogens is 1. The van der Waals surface area contributed by atoms with Gasteiger partial charge in [0.15, 0.2) is 0 Å². The fraction of sp³-hybridized carbons (Fsp3) is 0.227. The van der Waals surface area contributed by atoms with E-state index in [1.807, 2.05) is 11.0 Å². The molecule has 0 bridgehead atoms. The van der Waals surface area contributed by atoms with Gasteiger partial charge in [0.1, 0.15) is 11.5 Å². The van der Waals surface area contributed by atoms with Gasteiger partial charge in [-0.25, -0.2) is 9.37 Å². The molecule has 1 saturated heterocycles. The predicted molar refractivity (Wildman–Crippen MR) is 105 cm³/mol. The summed E-state index contributed by atoms with van der Waals surface area (Å²) in [6, 6.07) is 12.9. The van der Waals surface area contributed by atoms with Crippen molar-refractivity contribution in [1.82, 2.24) is 9.88 Å². The van der Waals surface area contributed by atoms with E-state index in [-0.39, 0.29) is 17.4 Å². The molecule has 2 amide bonds. The van der Waals surface area contributed by atoms with Crippen LogP contribution in [0.3, 0.4) is 0 Å². The number of benzene rings is 2. The van der Waals surface area contributed by atoms with Crippen LogP contribution in [0.4, 0.5) is 4.39 Å². The third-order valence-corrected chi connectivity index (χ3v) is 5.11. The highest BCUT2D eigenvalue weighted by Crippen LogP contribution is 2.30. The summed E-state index contributed by atoms with van der Waals surface area (Å²) in [5, 5.41) is 0.770. The van der Waals surface area contributed by atoms with E-state index in [9.17, 15) is 14.0 Å². The van der Waals surface area contributed by atoms with E-state index in [2.05, 4.69) is 4.98 Å². The Kier molecular flexibility index (Phi) is 4.77. The number of hydrogen-bond acceptors (Lipinski definition) is 3. The highest BCUT2D eigenvalue weighted by molar-refractivity contribution is 6.04. The molecule has 2 N–H and O–H groups in total. The van der Waals surface area contributed by atoms with E-state index in [1.165, 1.54) is 12.1 Å². The van der Waals surface area contributed by atoms with Crippen LogP contribution in [0.5, 0.6) is 0 Å². The van der Waals surface area contributed by atoms with Gasteiger partial charge in [-0.3, -0.25) is 9.59 Å². The van der Waals surface area contributed by atoms with Crippen molar-refractivity contribution in [1.29, 1.82) is 0 Å². The van der Waals surface area contributed by atoms with Gasteiger partial charge in [0.25, 0.3) is 11.8 Å². The minimum Gasteiger partial charge on any atom is -0.364 e. The topological polar surface area (TPSA) is 76.3 Å². The fourth-order valence-corrected chi connectivity index (χ4v) is 3.64. The lowest BCUT2D eigenvalue weighted by atomic mass is 9.98. The Bertz CT molecular complexity index is 1060. The monoisotopic (exact) mass is 377 g/mol. The molecule has 4 rings (SSSR count). The summed E-state index contributed by atoms with van der Waals surface area (Å²) in [4.78, 5) is 30.8. The smallest absolute Gasteiger partial charge is 0.267 e. The van der Waals surface area contributed by atoms with Crippen LogP contribution in [0.25, 0.3) is 22.0 Å². The third kappa shape index (κ3) is 3.45. The minimum absolute atomic E-state index is 0.0313. The molecule has 1 fully saturated rings. The number of carbonyl (C=O) groups excluding carboxylic acids is 2. The molecule has 1 aliphatic rings. The van der Waals surface area contributed by atoms with E-state index in [4.69, 9.17) is 5.73 Å². The first-order valence-corrected chi connectivity index (χ1v) is 9.33. The van der Waals surface area contributed by atoms with Crippen molar-refractivity contribution >= 4 is 22.7 Å². The van der Waals surface area contributed by atoms with E-state index < -0.39 is 5.91 Å². The van der Waals surface area contributed by atoms with Gasteiger partial charge in [-0.05, 0) is 60.7 Å². The van der Waals surface area contributed by atoms with E-state index >= 15 is 0 Å². The number of likely N-dealkylation sites (tertiary alicyclic amines) is 1. The van der Waals surface area contributed by atoms with Gasteiger partial charge in [0, 0.05) is 24.0 Å². The molecule has 0 aliphatic carbocycles. The minimum atomic E-state index is -0.655. The van der Waals surface area contributed by atoms with Crippen LogP contribution in [0, 0.1) is 5.82 Å². The highest BCUT2D eigenvalue weighted by atomic mass is 19.1. The molecule has 0 saturated carbocycles. The van der Waals surface area contributed by atoms with Gasteiger partial charge in [-0.1, -0.05) is 18.2 Å². The Morgan fingerprint density at radius 3 is 2.36 bits per heavy atom. The number of nitrogens with two attached hydrogens (primary N) is 1. The number of halogens is 1. The van der Waals surface area contributed by atoms with Gasteiger partial charge in [0.05, 0.1) is 5.52 Å². The summed E-state index contributed by atoms with van der Waals surface area (Å²) in [7, 11) is 0. The van der Waals surface area contributed by atoms with Crippen molar-refractivity contribution in [3.8, 4) is 11.1 Å². The molecular weight excluding hydrogens is 357 g/mol. The second kappa shape index (κ2) is 7.38. The lowest BCUT2D eigenvalue weighted by Gasteiger charge is -2.26. The standard InChI is InChI=1S/C22H20FN3O2/c23-16-7-4-14(5-8-16)18-13-20(21(24)27)25-19-12-15(6-9-17(18)19)22(28)26-10-2-1-3-11-26/h4-9,12-13H,1-3,10-11H2,(H2,24,27). The molecule has 1 aromatic heterocycles. The van der Waals surface area contributed by atoms with Crippen molar-refractivity contribution < 1.29 is 14.0 Å². The molecule has 0 spiro atoms. The molecule has 3 aromatic rings. The van der Waals surface area contributed by atoms with Crippen molar-refractivity contribution in [2.24, 2.45) is 5.73 Å². The van der Waals surface area contributed by atoms with Crippen LogP contribution in [-0.4, -0.2) is 34.8 Å². The average Bonchev–Trinajstić information content (AvgIpc) is 2.73. The van der Waals surface area contributed by atoms with Crippen LogP contribution in [0.1, 0.15) is 40.1 Å². The summed E-state index contributed by atoms with van der Waals surface area (Å²) in [6.07, 6.45) is 3.17. The molecule has 6 heteroatoms. The SMILES string of the molecule is NC(=O)c1cc(-c2ccc(F)cc2)c2ccc(C(=O)N3CCCCC3)cc2n1. The zero-order valence-corrected chi connectivity index (χ0v) is 15.3. The summed E-state index contributed by atoms with van der Waals surface area (Å²) < 4.78 is 13.3. The quantitative estimate of drug-likeness (QED) is 0.755. The van der Waals surface area contributed by atoms with Crippen LogP contribution >= 0.6 is 0 Å². The van der Waals surface area contributed by atoms with Crippen molar-refractivity contribution in [2.45, 2.75) is 19.3 Å². The zero-order valence-electron chi connectivity index (χ0n) is 15.3. The second-order valence-electron chi connectivity index (χ2n) is 7.01. The number of rotatable bonds is 3. The molecule has 2 aromatic carbocycles. The number of hydrogen-bond donors (Lipinski definition) is 1. The number of amides is 2.